The summed E-state index contributed by atoms with van der Waals surface area (Å²) in [6, 6.07) is 10.9. The minimum Gasteiger partial charge on any atom is -0.491 e. The highest BCUT2D eigenvalue weighted by Gasteiger charge is 2.18. The lowest BCUT2D eigenvalue weighted by Crippen LogP contribution is -2.16. The van der Waals surface area contributed by atoms with Gasteiger partial charge in [-0.3, -0.25) is 0 Å². The second-order valence-corrected chi connectivity index (χ2v) is 5.55. The monoisotopic (exact) mass is 324 g/mol. The van der Waals surface area contributed by atoms with Crippen molar-refractivity contribution in [3.8, 4) is 29.4 Å². The standard InChI is InChI=1S/C19H20N2O3/c1-4-14-13-16(24-12-8-11-21(2)3)17(20-18(14)19(22)23)15-9-6-5-7-10-15/h1,5-7,9-10,13H,8,11-12H2,2-3H3,(H,22,23). The maximum absolute atomic E-state index is 11.4. The Balaban J connectivity index is 2.39. The number of carbonyl (C=O) groups is 1. The van der Waals surface area contributed by atoms with Crippen LogP contribution in [0, 0.1) is 12.3 Å². The lowest BCUT2D eigenvalue weighted by atomic mass is 10.1. The van der Waals surface area contributed by atoms with Crippen molar-refractivity contribution in [1.29, 1.82) is 0 Å². The van der Waals surface area contributed by atoms with Crippen molar-refractivity contribution in [3.05, 3.63) is 47.7 Å². The second kappa shape index (κ2) is 8.14. The van der Waals surface area contributed by atoms with Gasteiger partial charge in [0.1, 0.15) is 11.4 Å². The van der Waals surface area contributed by atoms with Crippen molar-refractivity contribution in [2.75, 3.05) is 27.2 Å². The third-order valence-corrected chi connectivity index (χ3v) is 3.40. The van der Waals surface area contributed by atoms with Crippen molar-refractivity contribution < 1.29 is 14.6 Å². The Bertz CT molecular complexity index is 749. The van der Waals surface area contributed by atoms with E-state index in [1.165, 1.54) is 0 Å². The number of aromatic nitrogens is 1. The summed E-state index contributed by atoms with van der Waals surface area (Å²) in [6.07, 6.45) is 6.27. The van der Waals surface area contributed by atoms with Crippen LogP contribution >= 0.6 is 0 Å². The SMILES string of the molecule is C#Cc1cc(OCCCN(C)C)c(-c2ccccc2)nc1C(=O)O. The Kier molecular flexibility index (Phi) is 5.94. The van der Waals surface area contributed by atoms with Gasteiger partial charge in [0.2, 0.25) is 0 Å². The van der Waals surface area contributed by atoms with Gasteiger partial charge in [-0.1, -0.05) is 36.3 Å². The predicted molar refractivity (Wildman–Crippen MR) is 93.2 cm³/mol. The fourth-order valence-electron chi connectivity index (χ4n) is 2.24. The molecule has 0 aliphatic rings. The van der Waals surface area contributed by atoms with E-state index in [0.717, 1.165) is 18.5 Å². The number of rotatable bonds is 7. The summed E-state index contributed by atoms with van der Waals surface area (Å²) >= 11 is 0. The van der Waals surface area contributed by atoms with Crippen molar-refractivity contribution in [2.45, 2.75) is 6.42 Å². The van der Waals surface area contributed by atoms with E-state index in [-0.39, 0.29) is 11.3 Å². The molecule has 0 aliphatic heterocycles. The number of terminal acetylenes is 1. The Morgan fingerprint density at radius 3 is 2.62 bits per heavy atom. The molecule has 0 saturated carbocycles. The number of pyridine rings is 1. The molecule has 24 heavy (non-hydrogen) atoms. The molecule has 0 fully saturated rings. The molecule has 1 heterocycles. The van der Waals surface area contributed by atoms with E-state index in [4.69, 9.17) is 11.2 Å². The lowest BCUT2D eigenvalue weighted by Gasteiger charge is -2.14. The third kappa shape index (κ3) is 4.34. The van der Waals surface area contributed by atoms with Crippen LogP contribution in [0.5, 0.6) is 5.75 Å². The minimum atomic E-state index is -1.15. The average Bonchev–Trinajstić information content (AvgIpc) is 2.58. The summed E-state index contributed by atoms with van der Waals surface area (Å²) in [6.45, 7) is 1.39. The van der Waals surface area contributed by atoms with E-state index in [2.05, 4.69) is 15.8 Å². The van der Waals surface area contributed by atoms with E-state index in [0.29, 0.717) is 18.1 Å². The number of ether oxygens (including phenoxy) is 1. The molecular weight excluding hydrogens is 304 g/mol. The van der Waals surface area contributed by atoms with E-state index in [1.807, 2.05) is 44.4 Å². The van der Waals surface area contributed by atoms with Crippen LogP contribution in [0.4, 0.5) is 0 Å². The second-order valence-electron chi connectivity index (χ2n) is 5.55. The van der Waals surface area contributed by atoms with Gasteiger partial charge in [0.25, 0.3) is 0 Å². The van der Waals surface area contributed by atoms with Gasteiger partial charge in [0.05, 0.1) is 12.2 Å². The molecule has 0 amide bonds. The summed E-state index contributed by atoms with van der Waals surface area (Å²) in [5.41, 5.74) is 1.34. The topological polar surface area (TPSA) is 62.7 Å². The van der Waals surface area contributed by atoms with Crippen LogP contribution in [-0.4, -0.2) is 48.2 Å². The van der Waals surface area contributed by atoms with Crippen LogP contribution in [-0.2, 0) is 0 Å². The molecule has 124 valence electrons. The Hall–Kier alpha value is -2.84. The normalized spacial score (nSPS) is 10.4. The van der Waals surface area contributed by atoms with Gasteiger partial charge in [-0.25, -0.2) is 9.78 Å². The first kappa shape index (κ1) is 17.5. The van der Waals surface area contributed by atoms with Gasteiger partial charge in [0, 0.05) is 18.2 Å². The molecule has 5 heteroatoms. The number of hydrogen-bond acceptors (Lipinski definition) is 4. The van der Waals surface area contributed by atoms with Gasteiger partial charge in [-0.15, -0.1) is 6.42 Å². The van der Waals surface area contributed by atoms with Crippen LogP contribution < -0.4 is 4.74 Å². The Morgan fingerprint density at radius 1 is 1.33 bits per heavy atom. The van der Waals surface area contributed by atoms with Crippen LogP contribution in [0.3, 0.4) is 0 Å². The molecule has 1 aromatic heterocycles. The molecule has 0 bridgehead atoms. The maximum Gasteiger partial charge on any atom is 0.355 e. The number of carboxylic acids is 1. The molecule has 0 atom stereocenters. The zero-order chi connectivity index (χ0) is 17.5. The molecule has 1 aromatic carbocycles. The Morgan fingerprint density at radius 2 is 2.04 bits per heavy atom. The first-order chi connectivity index (χ1) is 11.5. The first-order valence-corrected chi connectivity index (χ1v) is 7.61. The lowest BCUT2D eigenvalue weighted by molar-refractivity contribution is 0.0690. The van der Waals surface area contributed by atoms with Gasteiger partial charge in [-0.05, 0) is 20.5 Å². The van der Waals surface area contributed by atoms with Crippen LogP contribution in [0.1, 0.15) is 22.5 Å². The molecule has 0 saturated heterocycles. The predicted octanol–water partition coefficient (Wildman–Crippen LogP) is 2.76. The summed E-state index contributed by atoms with van der Waals surface area (Å²) in [4.78, 5) is 17.7. The summed E-state index contributed by atoms with van der Waals surface area (Å²) < 4.78 is 5.84. The molecular formula is C19H20N2O3. The Labute approximate surface area is 141 Å². The van der Waals surface area contributed by atoms with Crippen LogP contribution in [0.2, 0.25) is 0 Å². The molecule has 0 radical (unpaired) electrons. The van der Waals surface area contributed by atoms with E-state index in [1.54, 1.807) is 6.07 Å². The van der Waals surface area contributed by atoms with Crippen molar-refractivity contribution in [1.82, 2.24) is 9.88 Å². The van der Waals surface area contributed by atoms with E-state index < -0.39 is 5.97 Å². The van der Waals surface area contributed by atoms with E-state index >= 15 is 0 Å². The average molecular weight is 324 g/mol. The van der Waals surface area contributed by atoms with Crippen LogP contribution in [0.25, 0.3) is 11.3 Å². The van der Waals surface area contributed by atoms with Crippen molar-refractivity contribution in [2.24, 2.45) is 0 Å². The molecule has 5 nitrogen and oxygen atoms in total. The molecule has 1 N–H and O–H groups in total. The quantitative estimate of drug-likeness (QED) is 0.627. The zero-order valence-electron chi connectivity index (χ0n) is 13.8. The molecule has 0 unspecified atom stereocenters. The molecule has 0 aliphatic carbocycles. The number of aromatic carboxylic acids is 1. The molecule has 2 aromatic rings. The highest BCUT2D eigenvalue weighted by Crippen LogP contribution is 2.30. The van der Waals surface area contributed by atoms with Gasteiger partial charge in [-0.2, -0.15) is 0 Å². The molecule has 2 rings (SSSR count). The number of benzene rings is 1. The van der Waals surface area contributed by atoms with Gasteiger partial charge in [0.15, 0.2) is 5.69 Å². The fourth-order valence-corrected chi connectivity index (χ4v) is 2.24. The summed E-state index contributed by atoms with van der Waals surface area (Å²) in [7, 11) is 3.99. The van der Waals surface area contributed by atoms with Crippen LogP contribution in [0.15, 0.2) is 36.4 Å². The minimum absolute atomic E-state index is 0.142. The third-order valence-electron chi connectivity index (χ3n) is 3.40. The van der Waals surface area contributed by atoms with Crippen molar-refractivity contribution in [3.63, 3.8) is 0 Å². The number of hydrogen-bond donors (Lipinski definition) is 1. The number of carboxylic acid groups (broad SMARTS) is 1. The van der Waals surface area contributed by atoms with E-state index in [9.17, 15) is 9.90 Å². The highest BCUT2D eigenvalue weighted by molar-refractivity contribution is 5.90. The summed E-state index contributed by atoms with van der Waals surface area (Å²) in [5, 5.41) is 9.33. The smallest absolute Gasteiger partial charge is 0.355 e. The van der Waals surface area contributed by atoms with Crippen molar-refractivity contribution >= 4 is 5.97 Å². The maximum atomic E-state index is 11.4. The van der Waals surface area contributed by atoms with Gasteiger partial charge < -0.3 is 14.7 Å². The largest absolute Gasteiger partial charge is 0.491 e. The zero-order valence-corrected chi connectivity index (χ0v) is 13.8. The van der Waals surface area contributed by atoms with Gasteiger partial charge >= 0.3 is 5.97 Å². The number of nitrogens with zero attached hydrogens (tertiary/aromatic N) is 2. The highest BCUT2D eigenvalue weighted by atomic mass is 16.5. The first-order valence-electron chi connectivity index (χ1n) is 7.61. The molecule has 0 spiro atoms. The fraction of sp³-hybridized carbons (Fsp3) is 0.263. The summed E-state index contributed by atoms with van der Waals surface area (Å²) in [5.74, 6) is 1.72.